The largest absolute Gasteiger partial charge is 0.497 e. The number of hydrazone groups is 1. The first-order valence-electron chi connectivity index (χ1n) is 10.1. The smallest absolute Gasteiger partial charge is 0.283 e. The number of carbonyl (C=O) groups is 1. The molecule has 0 radical (unpaired) electrons. The summed E-state index contributed by atoms with van der Waals surface area (Å²) in [7, 11) is 3.10. The number of rotatable bonds is 8. The second-order valence-corrected chi connectivity index (χ2v) is 8.61. The Bertz CT molecular complexity index is 1230. The summed E-state index contributed by atoms with van der Waals surface area (Å²) in [6.45, 7) is 2.31. The molecule has 1 amide bonds. The van der Waals surface area contributed by atoms with E-state index in [1.807, 2.05) is 12.1 Å². The molecule has 1 N–H and O–H groups in total. The summed E-state index contributed by atoms with van der Waals surface area (Å²) in [6, 6.07) is 10.5. The van der Waals surface area contributed by atoms with Crippen molar-refractivity contribution in [1.29, 1.82) is 5.41 Å². The molecule has 0 saturated heterocycles. The molecule has 2 aromatic rings. The quantitative estimate of drug-likeness (QED) is 0.421. The van der Waals surface area contributed by atoms with Crippen LogP contribution in [0.25, 0.3) is 6.08 Å². The highest BCUT2D eigenvalue weighted by molar-refractivity contribution is 8.26. The molecular formula is C23H21ClN4O5S. The predicted molar refractivity (Wildman–Crippen MR) is 133 cm³/mol. The van der Waals surface area contributed by atoms with E-state index in [1.54, 1.807) is 38.3 Å². The molecule has 0 fully saturated rings. The van der Waals surface area contributed by atoms with Gasteiger partial charge < -0.3 is 18.9 Å². The van der Waals surface area contributed by atoms with Crippen LogP contribution in [-0.4, -0.2) is 54.4 Å². The van der Waals surface area contributed by atoms with Crippen molar-refractivity contribution < 1.29 is 23.7 Å². The molecule has 11 heteroatoms. The van der Waals surface area contributed by atoms with Crippen LogP contribution in [0.3, 0.4) is 0 Å². The van der Waals surface area contributed by atoms with Crippen molar-refractivity contribution in [2.45, 2.75) is 6.92 Å². The molecule has 0 bridgehead atoms. The third kappa shape index (κ3) is 5.02. The number of amidine groups is 2. The summed E-state index contributed by atoms with van der Waals surface area (Å²) in [4.78, 5) is 16.5. The fourth-order valence-electron chi connectivity index (χ4n) is 3.19. The van der Waals surface area contributed by atoms with Gasteiger partial charge in [-0.3, -0.25) is 10.2 Å². The number of benzene rings is 2. The number of thioether (sulfide) groups is 1. The van der Waals surface area contributed by atoms with Crippen LogP contribution in [0.5, 0.6) is 23.0 Å². The van der Waals surface area contributed by atoms with E-state index < -0.39 is 5.91 Å². The first kappa shape index (κ1) is 23.7. The fourth-order valence-corrected chi connectivity index (χ4v) is 4.20. The Hall–Kier alpha value is -3.50. The number of nitrogens with one attached hydrogen (secondary N) is 1. The van der Waals surface area contributed by atoms with Gasteiger partial charge in [0.05, 0.1) is 29.9 Å². The molecule has 34 heavy (non-hydrogen) atoms. The molecule has 2 aliphatic rings. The molecule has 0 atom stereocenters. The molecule has 0 spiro atoms. The van der Waals surface area contributed by atoms with Crippen LogP contribution in [0, 0.1) is 5.41 Å². The Morgan fingerprint density at radius 2 is 1.79 bits per heavy atom. The fraction of sp³-hybridized carbons (Fsp3) is 0.217. The van der Waals surface area contributed by atoms with Crippen LogP contribution in [0.15, 0.2) is 52.1 Å². The number of amides is 1. The maximum atomic E-state index is 12.5. The SMILES string of the molecule is COc1ccc(OCCOc2c(Cl)cc(/C=C3/C(=N)N4N=C(C)SC4=NC3=O)cc2OC)cc1. The van der Waals surface area contributed by atoms with Crippen molar-refractivity contribution in [3.8, 4) is 23.0 Å². The van der Waals surface area contributed by atoms with Gasteiger partial charge in [-0.1, -0.05) is 11.6 Å². The minimum atomic E-state index is -0.514. The van der Waals surface area contributed by atoms with Crippen LogP contribution in [0.4, 0.5) is 0 Å². The van der Waals surface area contributed by atoms with E-state index in [1.165, 1.54) is 30.0 Å². The number of hydrogen-bond acceptors (Lipinski definition) is 8. The summed E-state index contributed by atoms with van der Waals surface area (Å²) in [5, 5.41) is 15.3. The zero-order valence-corrected chi connectivity index (χ0v) is 20.2. The number of fused-ring (bicyclic) bond motifs is 1. The third-order valence-electron chi connectivity index (χ3n) is 4.78. The molecule has 0 aromatic heterocycles. The average molecular weight is 501 g/mol. The van der Waals surface area contributed by atoms with Gasteiger partial charge in [-0.2, -0.15) is 15.1 Å². The Kier molecular flexibility index (Phi) is 7.09. The number of carbonyl (C=O) groups excluding carboxylic acids is 1. The number of nitrogens with zero attached hydrogens (tertiary/aromatic N) is 3. The van der Waals surface area contributed by atoms with Crippen molar-refractivity contribution in [2.24, 2.45) is 10.1 Å². The number of ether oxygens (including phenoxy) is 4. The van der Waals surface area contributed by atoms with E-state index in [2.05, 4.69) is 10.1 Å². The predicted octanol–water partition coefficient (Wildman–Crippen LogP) is 4.45. The van der Waals surface area contributed by atoms with Gasteiger partial charge in [-0.15, -0.1) is 0 Å². The maximum Gasteiger partial charge on any atom is 0.283 e. The van der Waals surface area contributed by atoms with Crippen LogP contribution >= 0.6 is 23.4 Å². The second-order valence-electron chi connectivity index (χ2n) is 7.05. The van der Waals surface area contributed by atoms with Crippen LogP contribution in [0.1, 0.15) is 12.5 Å². The first-order chi connectivity index (χ1) is 16.4. The van der Waals surface area contributed by atoms with Crippen LogP contribution in [-0.2, 0) is 4.79 Å². The van der Waals surface area contributed by atoms with E-state index in [9.17, 15) is 4.79 Å². The van der Waals surface area contributed by atoms with Gasteiger partial charge >= 0.3 is 0 Å². The minimum Gasteiger partial charge on any atom is -0.497 e. The molecule has 9 nitrogen and oxygen atoms in total. The molecule has 2 aliphatic heterocycles. The van der Waals surface area contributed by atoms with E-state index in [0.29, 0.717) is 38.0 Å². The summed E-state index contributed by atoms with van der Waals surface area (Å²) < 4.78 is 22.0. The molecular weight excluding hydrogens is 480 g/mol. The van der Waals surface area contributed by atoms with E-state index >= 15 is 0 Å². The zero-order chi connectivity index (χ0) is 24.2. The van der Waals surface area contributed by atoms with Gasteiger partial charge in [0.1, 0.15) is 24.7 Å². The van der Waals surface area contributed by atoms with E-state index in [-0.39, 0.29) is 24.6 Å². The Labute approximate surface area is 205 Å². The van der Waals surface area contributed by atoms with Crippen molar-refractivity contribution in [3.63, 3.8) is 0 Å². The molecule has 2 aromatic carbocycles. The Morgan fingerprint density at radius 3 is 2.50 bits per heavy atom. The standard InChI is InChI=1S/C23H21ClN4O5S/c1-13-27-28-21(25)17(22(29)26-23(28)34-13)10-14-11-18(24)20(19(12-14)31-3)33-9-8-32-16-6-4-15(30-2)5-7-16/h4-7,10-12,25H,8-9H2,1-3H3/b17-10-,25-21?. The summed E-state index contributed by atoms with van der Waals surface area (Å²) in [6.07, 6.45) is 1.53. The molecule has 0 aliphatic carbocycles. The molecule has 0 saturated carbocycles. The summed E-state index contributed by atoms with van der Waals surface area (Å²) in [5.74, 6) is 1.60. The highest BCUT2D eigenvalue weighted by Gasteiger charge is 2.34. The van der Waals surface area contributed by atoms with Crippen molar-refractivity contribution >= 4 is 51.4 Å². The molecule has 2 heterocycles. The lowest BCUT2D eigenvalue weighted by Crippen LogP contribution is -2.35. The van der Waals surface area contributed by atoms with Gasteiger partial charge in [-0.05, 0) is 66.7 Å². The Balaban J connectivity index is 1.46. The van der Waals surface area contributed by atoms with Crippen molar-refractivity contribution in [3.05, 3.63) is 52.6 Å². The highest BCUT2D eigenvalue weighted by Crippen LogP contribution is 2.37. The number of halogens is 1. The lowest BCUT2D eigenvalue weighted by atomic mass is 10.1. The van der Waals surface area contributed by atoms with Crippen LogP contribution < -0.4 is 18.9 Å². The lowest BCUT2D eigenvalue weighted by Gasteiger charge is -2.20. The van der Waals surface area contributed by atoms with Gasteiger partial charge in [0, 0.05) is 0 Å². The molecule has 176 valence electrons. The third-order valence-corrected chi connectivity index (χ3v) is 5.88. The normalized spacial score (nSPS) is 16.2. The lowest BCUT2D eigenvalue weighted by molar-refractivity contribution is -0.114. The summed E-state index contributed by atoms with van der Waals surface area (Å²) >= 11 is 7.70. The van der Waals surface area contributed by atoms with Gasteiger partial charge in [0.25, 0.3) is 5.91 Å². The van der Waals surface area contributed by atoms with Crippen LogP contribution in [0.2, 0.25) is 5.02 Å². The average Bonchev–Trinajstić information content (AvgIpc) is 3.20. The second kappa shape index (κ2) is 10.2. The topological polar surface area (TPSA) is 106 Å². The minimum absolute atomic E-state index is 0.0505. The van der Waals surface area contributed by atoms with Gasteiger partial charge in [-0.25, -0.2) is 0 Å². The highest BCUT2D eigenvalue weighted by atomic mass is 35.5. The first-order valence-corrected chi connectivity index (χ1v) is 11.3. The Morgan fingerprint density at radius 1 is 1.09 bits per heavy atom. The zero-order valence-electron chi connectivity index (χ0n) is 18.6. The van der Waals surface area contributed by atoms with E-state index in [4.69, 9.17) is 36.0 Å². The van der Waals surface area contributed by atoms with Gasteiger partial charge in [0.15, 0.2) is 17.3 Å². The maximum absolute atomic E-state index is 12.5. The van der Waals surface area contributed by atoms with Gasteiger partial charge in [0.2, 0.25) is 5.17 Å². The number of hydrogen-bond donors (Lipinski definition) is 1. The van der Waals surface area contributed by atoms with Crippen molar-refractivity contribution in [1.82, 2.24) is 5.01 Å². The molecule has 0 unspecified atom stereocenters. The monoisotopic (exact) mass is 500 g/mol. The van der Waals surface area contributed by atoms with Crippen molar-refractivity contribution in [2.75, 3.05) is 27.4 Å². The molecule has 4 rings (SSSR count). The summed E-state index contributed by atoms with van der Waals surface area (Å²) in [5.41, 5.74) is 0.658. The van der Waals surface area contributed by atoms with E-state index in [0.717, 1.165) is 5.75 Å². The number of aliphatic imine (C=N–C) groups is 1. The number of methoxy groups -OCH3 is 2.